The van der Waals surface area contributed by atoms with Gasteiger partial charge in [-0.2, -0.15) is 0 Å². The van der Waals surface area contributed by atoms with E-state index in [1.807, 2.05) is 0 Å². The first-order chi connectivity index (χ1) is 2.00. The number of hydrogen-bond donors (Lipinski definition) is 3. The van der Waals surface area contributed by atoms with Crippen molar-refractivity contribution in [2.75, 3.05) is 0 Å². The molecule has 0 aromatic rings. The summed E-state index contributed by atoms with van der Waals surface area (Å²) in [6.45, 7) is 0. The van der Waals surface area contributed by atoms with E-state index in [0.717, 1.165) is 0 Å². The van der Waals surface area contributed by atoms with Crippen molar-refractivity contribution in [3.8, 4) is 0 Å². The van der Waals surface area contributed by atoms with Gasteiger partial charge in [0.05, 0.1) is 0 Å². The van der Waals surface area contributed by atoms with E-state index in [9.17, 15) is 0 Å². The summed E-state index contributed by atoms with van der Waals surface area (Å²) in [6.07, 6.45) is 0. The van der Waals surface area contributed by atoms with Gasteiger partial charge in [-0.25, -0.2) is 4.57 Å². The molecule has 0 heterocycles. The topological polar surface area (TPSA) is 77.8 Å². The van der Waals surface area contributed by atoms with Crippen molar-refractivity contribution in [3.05, 3.63) is 0 Å². The maximum atomic E-state index is 8.88. The Morgan fingerprint density at radius 1 is 0.800 bits per heavy atom. The summed E-state index contributed by atoms with van der Waals surface area (Å²) in [4.78, 5) is 21.6. The summed E-state index contributed by atoms with van der Waals surface area (Å²) in [5, 5.41) is 0. The summed E-state index contributed by atoms with van der Waals surface area (Å²) < 4.78 is 8.88. The Kier molecular flexibility index (Phi) is 71.8. The molecule has 0 aliphatic carbocycles. The predicted octanol–water partition coefficient (Wildman–Crippen LogP) is -4.44. The monoisotopic (exact) mass is 236 g/mol. The van der Waals surface area contributed by atoms with Crippen LogP contribution >= 0.6 is 7.82 Å². The maximum absolute atomic E-state index is 8.88. The van der Waals surface area contributed by atoms with Crippen LogP contribution in [0.3, 0.4) is 0 Å². The van der Waals surface area contributed by atoms with Gasteiger partial charge < -0.3 is 14.7 Å². The van der Waals surface area contributed by atoms with Crippen LogP contribution in [0.25, 0.3) is 0 Å². The molecule has 0 saturated heterocycles. The van der Waals surface area contributed by atoms with Gasteiger partial charge in [0.2, 0.25) is 0 Å². The van der Waals surface area contributed by atoms with Crippen molar-refractivity contribution >= 4 is 164 Å². The second-order valence-corrected chi connectivity index (χ2v) is 1.54. The molecule has 0 aromatic carbocycles. The van der Waals surface area contributed by atoms with E-state index in [1.165, 1.54) is 0 Å². The predicted molar refractivity (Wildman–Crippen MR) is 51.4 cm³/mol. The zero-order valence-electron chi connectivity index (χ0n) is 2.20. The van der Waals surface area contributed by atoms with Crippen LogP contribution in [0.2, 0.25) is 0 Å². The molecule has 3 N–H and O–H groups in total. The fourth-order valence-electron chi connectivity index (χ4n) is 0. The molecule has 0 radical (unpaired) electrons. The van der Waals surface area contributed by atoms with E-state index in [0.29, 0.717) is 0 Å². The van der Waals surface area contributed by atoms with Gasteiger partial charge in [-0.15, -0.1) is 0 Å². The summed E-state index contributed by atoms with van der Waals surface area (Å²) in [7, 11) is -4.64. The minimum atomic E-state index is -4.64. The van der Waals surface area contributed by atoms with Gasteiger partial charge in [-0.1, -0.05) is 0 Å². The molecule has 10 heavy (non-hydrogen) atoms. The van der Waals surface area contributed by atoms with E-state index in [1.54, 1.807) is 0 Å². The van der Waals surface area contributed by atoms with Crippen molar-refractivity contribution in [2.45, 2.75) is 0 Å². The third-order valence-corrected chi connectivity index (χ3v) is 0. The molecule has 4 nitrogen and oxygen atoms in total. The molecule has 0 aliphatic rings. The van der Waals surface area contributed by atoms with E-state index < -0.39 is 7.82 Å². The summed E-state index contributed by atoms with van der Waals surface area (Å²) in [5.41, 5.74) is 0. The Bertz CT molecular complexity index is 63.4. The molecule has 10 heteroatoms. The molecule has 0 fully saturated rings. The van der Waals surface area contributed by atoms with Crippen molar-refractivity contribution < 1.29 is 19.2 Å². The van der Waals surface area contributed by atoms with Crippen LogP contribution in [0, 0.1) is 0 Å². The molecule has 0 rings (SSSR count). The van der Waals surface area contributed by atoms with Crippen LogP contribution < -0.4 is 0 Å². The second-order valence-electron chi connectivity index (χ2n) is 0.513. The zero-order valence-corrected chi connectivity index (χ0v) is 3.09. The van der Waals surface area contributed by atoms with E-state index in [-0.39, 0.29) is 156 Å². The number of phosphoric acid groups is 1. The van der Waals surface area contributed by atoms with E-state index in [2.05, 4.69) is 0 Å². The first-order valence-electron chi connectivity index (χ1n) is 0.783. The molecule has 0 amide bonds. The van der Waals surface area contributed by atoms with Crippen molar-refractivity contribution in [2.24, 2.45) is 0 Å². The molecular weight excluding hydrogens is 227 g/mol. The van der Waals surface area contributed by atoms with Crippen molar-refractivity contribution in [3.63, 3.8) is 0 Å². The van der Waals surface area contributed by atoms with Gasteiger partial charge in [-0.3, -0.25) is 0 Å². The third-order valence-electron chi connectivity index (χ3n) is 0. The molecule has 0 unspecified atom stereocenters. The van der Waals surface area contributed by atoms with Crippen molar-refractivity contribution in [1.29, 1.82) is 0 Å². The Balaban J connectivity index is -0.00000000800. The van der Waals surface area contributed by atoms with E-state index in [4.69, 9.17) is 19.2 Å². The van der Waals surface area contributed by atoms with Crippen LogP contribution in [-0.2, 0) is 4.57 Å². The summed E-state index contributed by atoms with van der Waals surface area (Å²) >= 11 is 0. The first-order valence-corrected chi connectivity index (χ1v) is 2.35. The molecule has 0 aliphatic heterocycles. The van der Waals surface area contributed by atoms with Crippen LogP contribution in [0.1, 0.15) is 0 Å². The second kappa shape index (κ2) is 19.9. The van der Waals surface area contributed by atoms with Gasteiger partial charge in [0.15, 0.2) is 0 Å². The van der Waals surface area contributed by atoms with Gasteiger partial charge in [0, 0.05) is 0 Å². The Morgan fingerprint density at radius 3 is 0.800 bits per heavy atom. The molecular formula is H9CaNa4O4P. The molecule has 44 valence electrons. The average molecular weight is 236 g/mol. The van der Waals surface area contributed by atoms with Gasteiger partial charge in [0.1, 0.15) is 0 Å². The first kappa shape index (κ1) is 36.2. The SMILES string of the molecule is O=P(O)(O)O.[CaH2].[NaH].[NaH].[NaH].[NaH]. The van der Waals surface area contributed by atoms with Gasteiger partial charge in [-0.05, 0) is 0 Å². The molecule has 0 atom stereocenters. The quantitative estimate of drug-likeness (QED) is 0.293. The van der Waals surface area contributed by atoms with Crippen LogP contribution in [-0.4, -0.2) is 171 Å². The van der Waals surface area contributed by atoms with Crippen LogP contribution in [0.5, 0.6) is 0 Å². The average Bonchev–Trinajstić information content (AvgIpc) is 0.722. The third kappa shape index (κ3) is 70.9. The zero-order chi connectivity index (χ0) is 4.50. The summed E-state index contributed by atoms with van der Waals surface area (Å²) in [6, 6.07) is 0. The van der Waals surface area contributed by atoms with Crippen LogP contribution in [0.15, 0.2) is 0 Å². The summed E-state index contributed by atoms with van der Waals surface area (Å²) in [5.74, 6) is 0. The van der Waals surface area contributed by atoms with Gasteiger partial charge in [0.25, 0.3) is 0 Å². The number of rotatable bonds is 0. The van der Waals surface area contributed by atoms with E-state index >= 15 is 0 Å². The Morgan fingerprint density at radius 2 is 0.800 bits per heavy atom. The molecule has 0 aromatic heterocycles. The van der Waals surface area contributed by atoms with Crippen LogP contribution in [0.4, 0.5) is 0 Å². The molecule has 0 bridgehead atoms. The Labute approximate surface area is 178 Å². The van der Waals surface area contributed by atoms with Gasteiger partial charge >= 0.3 is 164 Å². The normalized spacial score (nSPS) is 5.90. The van der Waals surface area contributed by atoms with Crippen molar-refractivity contribution in [1.82, 2.24) is 0 Å². The fourth-order valence-corrected chi connectivity index (χ4v) is 0. The standard InChI is InChI=1S/Ca.4Na.H3O4P.6H/c;;;;;1-5(2,3)4;;;;;;/h;;;;;(H3,1,2,3,4);;;;;;. The minimum absolute atomic E-state index is 0. The Hall–Kier alpha value is 5.37. The fraction of sp³-hybridized carbons (Fsp3) is 0. The molecule has 0 saturated carbocycles. The molecule has 0 spiro atoms. The number of hydrogen-bond acceptors (Lipinski definition) is 1.